The third-order valence-electron chi connectivity index (χ3n) is 5.29. The number of hydrogen-bond donors (Lipinski definition) is 2. The largest absolute Gasteiger partial charge is 0.494 e. The van der Waals surface area contributed by atoms with Gasteiger partial charge in [0.05, 0.1) is 12.2 Å². The maximum absolute atomic E-state index is 12.7. The molecule has 0 radical (unpaired) electrons. The van der Waals surface area contributed by atoms with Gasteiger partial charge in [-0.25, -0.2) is 0 Å². The highest BCUT2D eigenvalue weighted by Gasteiger charge is 2.14. The summed E-state index contributed by atoms with van der Waals surface area (Å²) >= 11 is 0. The van der Waals surface area contributed by atoms with Crippen molar-refractivity contribution in [1.29, 1.82) is 0 Å². The van der Waals surface area contributed by atoms with Gasteiger partial charge in [-0.1, -0.05) is 75.1 Å². The van der Waals surface area contributed by atoms with E-state index in [1.54, 1.807) is 48.5 Å². The molecule has 0 fully saturated rings. The average Bonchev–Trinajstić information content (AvgIpc) is 2.89. The second-order valence-corrected chi connectivity index (χ2v) is 7.97. The highest BCUT2D eigenvalue weighted by atomic mass is 16.5. The van der Waals surface area contributed by atoms with Gasteiger partial charge in [-0.2, -0.15) is 0 Å². The minimum absolute atomic E-state index is 0.335. The van der Waals surface area contributed by atoms with Gasteiger partial charge in [0.1, 0.15) is 18.1 Å². The minimum Gasteiger partial charge on any atom is -0.494 e. The maximum Gasteiger partial charge on any atom is 0.273 e. The van der Waals surface area contributed by atoms with Crippen molar-refractivity contribution in [2.75, 3.05) is 6.61 Å². The van der Waals surface area contributed by atoms with E-state index < -0.39 is 11.8 Å². The van der Waals surface area contributed by atoms with Gasteiger partial charge in [0, 0.05) is 5.56 Å². The van der Waals surface area contributed by atoms with Crippen LogP contribution in [0.2, 0.25) is 0 Å². The molecule has 0 aliphatic heterocycles. The van der Waals surface area contributed by atoms with Gasteiger partial charge in [0.15, 0.2) is 0 Å². The number of rotatable bonds is 12. The molecule has 34 heavy (non-hydrogen) atoms. The highest BCUT2D eigenvalue weighted by molar-refractivity contribution is 6.00. The molecule has 0 saturated heterocycles. The van der Waals surface area contributed by atoms with Crippen LogP contribution in [0.25, 0.3) is 0 Å². The van der Waals surface area contributed by atoms with E-state index in [4.69, 9.17) is 9.47 Å². The van der Waals surface area contributed by atoms with Crippen LogP contribution in [0.3, 0.4) is 0 Å². The van der Waals surface area contributed by atoms with E-state index in [0.717, 1.165) is 24.2 Å². The average molecular weight is 461 g/mol. The zero-order chi connectivity index (χ0) is 24.0. The van der Waals surface area contributed by atoms with E-state index in [2.05, 4.69) is 17.8 Å². The van der Waals surface area contributed by atoms with Crippen molar-refractivity contribution in [3.63, 3.8) is 0 Å². The number of unbranched alkanes of at least 4 members (excludes halogenated alkanes) is 4. The summed E-state index contributed by atoms with van der Waals surface area (Å²) in [4.78, 5) is 25.1. The number of hydrazine groups is 1. The Morgan fingerprint density at radius 1 is 0.706 bits per heavy atom. The van der Waals surface area contributed by atoms with Gasteiger partial charge < -0.3 is 9.47 Å². The second kappa shape index (κ2) is 13.7. The molecule has 178 valence electrons. The lowest BCUT2D eigenvalue weighted by molar-refractivity contribution is 0.0844. The molecule has 0 aliphatic carbocycles. The summed E-state index contributed by atoms with van der Waals surface area (Å²) in [6.45, 7) is 3.20. The van der Waals surface area contributed by atoms with Crippen molar-refractivity contribution < 1.29 is 19.1 Å². The topological polar surface area (TPSA) is 76.7 Å². The van der Waals surface area contributed by atoms with Gasteiger partial charge in [-0.15, -0.1) is 0 Å². The second-order valence-electron chi connectivity index (χ2n) is 7.97. The molecule has 0 aromatic heterocycles. The van der Waals surface area contributed by atoms with Gasteiger partial charge in [-0.3, -0.25) is 20.4 Å². The number of para-hydroxylation sites is 1. The molecule has 6 nitrogen and oxygen atoms in total. The number of carbonyl (C=O) groups excluding carboxylic acids is 2. The highest BCUT2D eigenvalue weighted by Crippen LogP contribution is 2.19. The summed E-state index contributed by atoms with van der Waals surface area (Å²) in [6, 6.07) is 23.5. The summed E-state index contributed by atoms with van der Waals surface area (Å²) in [7, 11) is 0. The first kappa shape index (κ1) is 24.8. The summed E-state index contributed by atoms with van der Waals surface area (Å²) in [5.41, 5.74) is 6.66. The standard InChI is InChI=1S/C28H32N2O4/c1-2-3-4-5-11-20-33-24-18-16-23(17-19-24)27(31)29-30-28(32)25-14-9-10-15-26(25)34-21-22-12-7-6-8-13-22/h6-10,12-19H,2-5,11,20-21H2,1H3,(H,29,31)(H,30,32). The van der Waals surface area contributed by atoms with Crippen molar-refractivity contribution in [3.05, 3.63) is 95.6 Å². The summed E-state index contributed by atoms with van der Waals surface area (Å²) in [6.07, 6.45) is 5.89. The number of hydrogen-bond acceptors (Lipinski definition) is 4. The number of nitrogens with one attached hydrogen (secondary N) is 2. The van der Waals surface area contributed by atoms with Crippen LogP contribution in [0, 0.1) is 0 Å². The zero-order valence-electron chi connectivity index (χ0n) is 19.6. The van der Waals surface area contributed by atoms with Crippen molar-refractivity contribution in [2.45, 2.75) is 45.6 Å². The summed E-state index contributed by atoms with van der Waals surface area (Å²) in [5.74, 6) is 0.289. The molecule has 0 aliphatic rings. The Morgan fingerprint density at radius 3 is 2.15 bits per heavy atom. The molecular formula is C28H32N2O4. The van der Waals surface area contributed by atoms with Crippen LogP contribution in [-0.2, 0) is 6.61 Å². The fourth-order valence-electron chi connectivity index (χ4n) is 3.37. The number of benzene rings is 3. The molecule has 0 heterocycles. The Morgan fingerprint density at radius 2 is 1.38 bits per heavy atom. The van der Waals surface area contributed by atoms with Crippen LogP contribution in [0.5, 0.6) is 11.5 Å². The van der Waals surface area contributed by atoms with E-state index in [0.29, 0.717) is 30.1 Å². The molecule has 0 atom stereocenters. The third-order valence-corrected chi connectivity index (χ3v) is 5.29. The fraction of sp³-hybridized carbons (Fsp3) is 0.286. The van der Waals surface area contributed by atoms with Crippen molar-refractivity contribution in [1.82, 2.24) is 10.9 Å². The van der Waals surface area contributed by atoms with E-state index in [1.807, 2.05) is 30.3 Å². The SMILES string of the molecule is CCCCCCCOc1ccc(C(=O)NNC(=O)c2ccccc2OCc2ccccc2)cc1. The van der Waals surface area contributed by atoms with E-state index in [-0.39, 0.29) is 0 Å². The Kier molecular flexibility index (Phi) is 9.99. The Balaban J connectivity index is 1.47. The third kappa shape index (κ3) is 7.96. The van der Waals surface area contributed by atoms with Crippen molar-refractivity contribution in [2.24, 2.45) is 0 Å². The Labute approximate surface area is 201 Å². The van der Waals surface area contributed by atoms with Crippen LogP contribution in [0.1, 0.15) is 65.3 Å². The molecule has 3 aromatic carbocycles. The minimum atomic E-state index is -0.458. The predicted molar refractivity (Wildman–Crippen MR) is 133 cm³/mol. The first-order chi connectivity index (χ1) is 16.7. The molecule has 3 rings (SSSR count). The zero-order valence-corrected chi connectivity index (χ0v) is 19.6. The summed E-state index contributed by atoms with van der Waals surface area (Å²) in [5, 5.41) is 0. The molecule has 0 spiro atoms. The van der Waals surface area contributed by atoms with Gasteiger partial charge in [-0.05, 0) is 48.4 Å². The number of carbonyl (C=O) groups is 2. The molecule has 6 heteroatoms. The summed E-state index contributed by atoms with van der Waals surface area (Å²) < 4.78 is 11.6. The lowest BCUT2D eigenvalue weighted by Crippen LogP contribution is -2.41. The lowest BCUT2D eigenvalue weighted by atomic mass is 10.2. The van der Waals surface area contributed by atoms with Gasteiger partial charge >= 0.3 is 0 Å². The lowest BCUT2D eigenvalue weighted by Gasteiger charge is -2.12. The predicted octanol–water partition coefficient (Wildman–Crippen LogP) is 5.69. The van der Waals surface area contributed by atoms with E-state index in [9.17, 15) is 9.59 Å². The first-order valence-corrected chi connectivity index (χ1v) is 11.8. The molecular weight excluding hydrogens is 428 g/mol. The van der Waals surface area contributed by atoms with Crippen LogP contribution in [0.15, 0.2) is 78.9 Å². The van der Waals surface area contributed by atoms with Crippen LogP contribution < -0.4 is 20.3 Å². The Bertz CT molecular complexity index is 1040. The smallest absolute Gasteiger partial charge is 0.273 e. The van der Waals surface area contributed by atoms with Gasteiger partial charge in [0.25, 0.3) is 11.8 Å². The maximum atomic E-state index is 12.7. The number of ether oxygens (including phenoxy) is 2. The van der Waals surface area contributed by atoms with Crippen molar-refractivity contribution in [3.8, 4) is 11.5 Å². The molecule has 3 aromatic rings. The molecule has 2 N–H and O–H groups in total. The molecule has 2 amide bonds. The normalized spacial score (nSPS) is 10.4. The first-order valence-electron chi connectivity index (χ1n) is 11.8. The fourth-order valence-corrected chi connectivity index (χ4v) is 3.37. The molecule has 0 bridgehead atoms. The van der Waals surface area contributed by atoms with E-state index in [1.165, 1.54) is 19.3 Å². The van der Waals surface area contributed by atoms with Gasteiger partial charge in [0.2, 0.25) is 0 Å². The Hall–Kier alpha value is -3.80. The molecule has 0 unspecified atom stereocenters. The van der Waals surface area contributed by atoms with Crippen LogP contribution in [0.4, 0.5) is 0 Å². The van der Waals surface area contributed by atoms with Crippen LogP contribution in [-0.4, -0.2) is 18.4 Å². The van der Waals surface area contributed by atoms with Crippen molar-refractivity contribution >= 4 is 11.8 Å². The monoisotopic (exact) mass is 460 g/mol. The van der Waals surface area contributed by atoms with E-state index >= 15 is 0 Å². The molecule has 0 saturated carbocycles. The number of amides is 2. The van der Waals surface area contributed by atoms with Crippen LogP contribution >= 0.6 is 0 Å². The quantitative estimate of drug-likeness (QED) is 0.269.